The molecular formula is C22H16O6. The molecule has 0 spiro atoms. The van der Waals surface area contributed by atoms with Gasteiger partial charge >= 0.3 is 0 Å². The Morgan fingerprint density at radius 3 is 2.39 bits per heavy atom. The molecule has 1 aromatic heterocycles. The highest BCUT2D eigenvalue weighted by Crippen LogP contribution is 2.51. The monoisotopic (exact) mass is 376 g/mol. The summed E-state index contributed by atoms with van der Waals surface area (Å²) >= 11 is 0. The van der Waals surface area contributed by atoms with Crippen molar-refractivity contribution in [1.29, 1.82) is 0 Å². The summed E-state index contributed by atoms with van der Waals surface area (Å²) in [6.07, 6.45) is 3.34. The number of hydrogen-bond donors (Lipinski definition) is 1. The molecule has 3 aliphatic carbocycles. The van der Waals surface area contributed by atoms with Crippen LogP contribution in [0.2, 0.25) is 0 Å². The van der Waals surface area contributed by atoms with Crippen LogP contribution in [0.25, 0.3) is 0 Å². The normalized spacial score (nSPS) is 22.2. The van der Waals surface area contributed by atoms with E-state index < -0.39 is 11.2 Å². The van der Waals surface area contributed by atoms with Crippen LogP contribution in [0.3, 0.4) is 0 Å². The Morgan fingerprint density at radius 2 is 1.71 bits per heavy atom. The summed E-state index contributed by atoms with van der Waals surface area (Å²) in [6.45, 7) is 1.73. The SMILES string of the molecule is CC12CCC(=O)c3c(CCO)oc(c31)C(=O)c1cc3c(cc12)C(=O)C=CC3=O. The van der Waals surface area contributed by atoms with Crippen molar-refractivity contribution in [2.24, 2.45) is 0 Å². The van der Waals surface area contributed by atoms with Crippen LogP contribution in [0.4, 0.5) is 0 Å². The summed E-state index contributed by atoms with van der Waals surface area (Å²) in [6, 6.07) is 3.11. The highest BCUT2D eigenvalue weighted by Gasteiger charge is 2.49. The second-order valence-corrected chi connectivity index (χ2v) is 7.67. The molecule has 140 valence electrons. The number of allylic oxidation sites excluding steroid dienone is 2. The van der Waals surface area contributed by atoms with Gasteiger partial charge in [-0.2, -0.15) is 0 Å². The van der Waals surface area contributed by atoms with Gasteiger partial charge in [-0.05, 0) is 36.3 Å². The number of Topliss-reactive ketones (excluding diaryl/α,β-unsaturated/α-hetero) is 1. The molecule has 6 heteroatoms. The first-order valence-corrected chi connectivity index (χ1v) is 9.17. The molecule has 0 amide bonds. The zero-order chi connectivity index (χ0) is 19.8. The molecule has 1 N–H and O–H groups in total. The van der Waals surface area contributed by atoms with Crippen LogP contribution in [0.1, 0.15) is 83.8 Å². The first kappa shape index (κ1) is 17.0. The molecule has 5 rings (SSSR count). The van der Waals surface area contributed by atoms with Gasteiger partial charge in [0.15, 0.2) is 23.1 Å². The summed E-state index contributed by atoms with van der Waals surface area (Å²) < 4.78 is 5.78. The topological polar surface area (TPSA) is 102 Å². The number of fused-ring (bicyclic) bond motifs is 3. The van der Waals surface area contributed by atoms with Crippen molar-refractivity contribution in [2.75, 3.05) is 6.61 Å². The minimum Gasteiger partial charge on any atom is -0.456 e. The molecule has 0 aliphatic heterocycles. The standard InChI is InChI=1S/C22H16O6/c1-22-6-4-16(26)18-17(5-7-23)28-21(19(18)22)20(27)12-8-10-11(9-13(12)22)15(25)3-2-14(10)24/h2-3,8-9,23H,4-7H2,1H3. The van der Waals surface area contributed by atoms with Crippen molar-refractivity contribution >= 4 is 23.1 Å². The first-order valence-electron chi connectivity index (χ1n) is 9.17. The van der Waals surface area contributed by atoms with E-state index in [-0.39, 0.29) is 53.7 Å². The van der Waals surface area contributed by atoms with Crippen molar-refractivity contribution in [3.63, 3.8) is 0 Å². The minimum atomic E-state index is -0.682. The Hall–Kier alpha value is -3.12. The van der Waals surface area contributed by atoms with Crippen molar-refractivity contribution in [2.45, 2.75) is 31.6 Å². The third kappa shape index (κ3) is 1.95. The van der Waals surface area contributed by atoms with Gasteiger partial charge in [-0.1, -0.05) is 6.92 Å². The Morgan fingerprint density at radius 1 is 1.04 bits per heavy atom. The molecule has 0 saturated carbocycles. The van der Waals surface area contributed by atoms with Crippen LogP contribution < -0.4 is 0 Å². The third-order valence-electron chi connectivity index (χ3n) is 6.12. The van der Waals surface area contributed by atoms with Gasteiger partial charge < -0.3 is 9.52 Å². The van der Waals surface area contributed by atoms with E-state index >= 15 is 0 Å². The number of carbonyl (C=O) groups excluding carboxylic acids is 4. The van der Waals surface area contributed by atoms with Crippen molar-refractivity contribution in [1.82, 2.24) is 0 Å². The molecule has 1 unspecified atom stereocenters. The maximum absolute atomic E-state index is 13.2. The van der Waals surface area contributed by atoms with E-state index in [2.05, 4.69) is 0 Å². The van der Waals surface area contributed by atoms with Gasteiger partial charge in [0.2, 0.25) is 5.78 Å². The molecule has 1 aromatic carbocycles. The zero-order valence-corrected chi connectivity index (χ0v) is 15.1. The molecule has 3 aliphatic rings. The van der Waals surface area contributed by atoms with E-state index in [1.165, 1.54) is 18.2 Å². The lowest BCUT2D eigenvalue weighted by atomic mass is 9.61. The van der Waals surface area contributed by atoms with Crippen molar-refractivity contribution in [3.05, 3.63) is 69.2 Å². The van der Waals surface area contributed by atoms with Crippen molar-refractivity contribution < 1.29 is 28.7 Å². The van der Waals surface area contributed by atoms with Gasteiger partial charge in [-0.15, -0.1) is 0 Å². The Balaban J connectivity index is 1.84. The second-order valence-electron chi connectivity index (χ2n) is 7.67. The number of ketones is 4. The Kier molecular flexibility index (Phi) is 3.31. The summed E-state index contributed by atoms with van der Waals surface area (Å²) in [5.41, 5.74) is 1.72. The average Bonchev–Trinajstić information content (AvgIpc) is 3.07. The average molecular weight is 376 g/mol. The fraction of sp³-hybridized carbons (Fsp3) is 0.273. The number of hydrogen-bond acceptors (Lipinski definition) is 6. The van der Waals surface area contributed by atoms with Crippen LogP contribution >= 0.6 is 0 Å². The molecular weight excluding hydrogens is 360 g/mol. The predicted molar refractivity (Wildman–Crippen MR) is 97.2 cm³/mol. The third-order valence-corrected chi connectivity index (χ3v) is 6.12. The molecule has 28 heavy (non-hydrogen) atoms. The van der Waals surface area contributed by atoms with Crippen LogP contribution in [0.5, 0.6) is 0 Å². The number of carbonyl (C=O) groups is 4. The van der Waals surface area contributed by atoms with E-state index in [0.29, 0.717) is 34.4 Å². The van der Waals surface area contributed by atoms with Crippen LogP contribution in [-0.2, 0) is 11.8 Å². The number of benzene rings is 1. The molecule has 1 heterocycles. The fourth-order valence-electron chi connectivity index (χ4n) is 4.72. The van der Waals surface area contributed by atoms with Crippen molar-refractivity contribution in [3.8, 4) is 0 Å². The van der Waals surface area contributed by atoms with Crippen LogP contribution in [-0.4, -0.2) is 34.8 Å². The van der Waals surface area contributed by atoms with Gasteiger partial charge in [0, 0.05) is 40.5 Å². The summed E-state index contributed by atoms with van der Waals surface area (Å²) in [5.74, 6) is -0.676. The van der Waals surface area contributed by atoms with E-state index in [4.69, 9.17) is 4.42 Å². The van der Waals surface area contributed by atoms with Gasteiger partial charge in [0.1, 0.15) is 5.76 Å². The number of aliphatic hydroxyl groups excluding tert-OH is 1. The number of rotatable bonds is 2. The smallest absolute Gasteiger partial charge is 0.228 e. The highest BCUT2D eigenvalue weighted by atomic mass is 16.4. The molecule has 0 saturated heterocycles. The first-order chi connectivity index (χ1) is 13.4. The van der Waals surface area contributed by atoms with Gasteiger partial charge in [-0.25, -0.2) is 0 Å². The summed E-state index contributed by atoms with van der Waals surface area (Å²) in [4.78, 5) is 50.4. The highest BCUT2D eigenvalue weighted by molar-refractivity contribution is 6.24. The number of furan rings is 1. The molecule has 6 nitrogen and oxygen atoms in total. The summed E-state index contributed by atoms with van der Waals surface area (Å²) in [5, 5.41) is 9.34. The maximum Gasteiger partial charge on any atom is 0.228 e. The minimum absolute atomic E-state index is 0.102. The van der Waals surface area contributed by atoms with Gasteiger partial charge in [-0.3, -0.25) is 19.2 Å². The lowest BCUT2D eigenvalue weighted by molar-refractivity contribution is 0.0955. The fourth-order valence-corrected chi connectivity index (χ4v) is 4.72. The van der Waals surface area contributed by atoms with E-state index in [1.807, 2.05) is 6.92 Å². The molecule has 0 fully saturated rings. The molecule has 2 aromatic rings. The lowest BCUT2D eigenvalue weighted by Crippen LogP contribution is -2.38. The molecule has 0 bridgehead atoms. The van der Waals surface area contributed by atoms with Crippen LogP contribution in [0.15, 0.2) is 28.7 Å². The van der Waals surface area contributed by atoms with E-state index in [9.17, 15) is 24.3 Å². The van der Waals surface area contributed by atoms with Crippen LogP contribution in [0, 0.1) is 0 Å². The van der Waals surface area contributed by atoms with E-state index in [1.54, 1.807) is 6.07 Å². The predicted octanol–water partition coefficient (Wildman–Crippen LogP) is 2.58. The second kappa shape index (κ2) is 5.45. The largest absolute Gasteiger partial charge is 0.456 e. The van der Waals surface area contributed by atoms with Gasteiger partial charge in [0.25, 0.3) is 0 Å². The number of aliphatic hydroxyl groups is 1. The van der Waals surface area contributed by atoms with E-state index in [0.717, 1.165) is 0 Å². The lowest BCUT2D eigenvalue weighted by Gasteiger charge is -2.38. The summed E-state index contributed by atoms with van der Waals surface area (Å²) in [7, 11) is 0. The zero-order valence-electron chi connectivity index (χ0n) is 15.1. The maximum atomic E-state index is 13.2. The Labute approximate surface area is 159 Å². The molecule has 1 atom stereocenters. The van der Waals surface area contributed by atoms with Gasteiger partial charge in [0.05, 0.1) is 12.2 Å². The quantitative estimate of drug-likeness (QED) is 0.864. The molecule has 0 radical (unpaired) electrons. The Bertz CT molecular complexity index is 1160.